The van der Waals surface area contributed by atoms with E-state index in [1.54, 1.807) is 18.2 Å². The number of rotatable bonds is 8. The summed E-state index contributed by atoms with van der Waals surface area (Å²) < 4.78 is 40.4. The molecule has 4 aromatic carbocycles. The Kier molecular flexibility index (Phi) is 8.17. The van der Waals surface area contributed by atoms with Crippen LogP contribution in [0.1, 0.15) is 28.8 Å². The predicted molar refractivity (Wildman–Crippen MR) is 160 cm³/mol. The fourth-order valence-electron chi connectivity index (χ4n) is 5.35. The van der Waals surface area contributed by atoms with Crippen molar-refractivity contribution in [3.8, 4) is 33.8 Å². The maximum absolute atomic E-state index is 14.2. The zero-order chi connectivity index (χ0) is 29.1. The molecule has 42 heavy (non-hydrogen) atoms. The van der Waals surface area contributed by atoms with Crippen LogP contribution in [0.5, 0.6) is 11.5 Å². The molecule has 0 radical (unpaired) electrons. The highest BCUT2D eigenvalue weighted by Gasteiger charge is 2.21. The van der Waals surface area contributed by atoms with E-state index in [0.29, 0.717) is 34.7 Å². The zero-order valence-electron chi connectivity index (χ0n) is 23.4. The van der Waals surface area contributed by atoms with Gasteiger partial charge in [-0.05, 0) is 92.5 Å². The van der Waals surface area contributed by atoms with E-state index >= 15 is 0 Å². The van der Waals surface area contributed by atoms with Crippen molar-refractivity contribution in [2.24, 2.45) is 0 Å². The van der Waals surface area contributed by atoms with E-state index in [1.165, 1.54) is 6.07 Å². The van der Waals surface area contributed by atoms with Gasteiger partial charge >= 0.3 is 0 Å². The van der Waals surface area contributed by atoms with Gasteiger partial charge in [0, 0.05) is 35.5 Å². The molecule has 2 atom stereocenters. The van der Waals surface area contributed by atoms with Crippen molar-refractivity contribution < 1.29 is 23.0 Å². The van der Waals surface area contributed by atoms with E-state index in [-0.39, 0.29) is 18.1 Å². The molecule has 8 heteroatoms. The lowest BCUT2D eigenvalue weighted by Crippen LogP contribution is -2.20. The molecule has 4 aromatic rings. The van der Waals surface area contributed by atoms with Crippen molar-refractivity contribution >= 4 is 11.6 Å². The highest BCUT2D eigenvalue weighted by molar-refractivity contribution is 6.05. The van der Waals surface area contributed by atoms with Crippen LogP contribution in [0.25, 0.3) is 22.3 Å². The van der Waals surface area contributed by atoms with Crippen LogP contribution in [-0.2, 0) is 0 Å². The molecule has 216 valence electrons. The Morgan fingerprint density at radius 3 is 1.98 bits per heavy atom. The Morgan fingerprint density at radius 2 is 1.36 bits per heavy atom. The summed E-state index contributed by atoms with van der Waals surface area (Å²) in [6.45, 7) is 5.30. The normalized spacial score (nSPS) is 18.2. The second-order valence-corrected chi connectivity index (χ2v) is 10.8. The molecule has 6 rings (SSSR count). The molecule has 0 aliphatic carbocycles. The lowest BCUT2D eigenvalue weighted by Gasteiger charge is -2.19. The summed E-state index contributed by atoms with van der Waals surface area (Å²) in [5.74, 6) is -0.965. The molecule has 2 heterocycles. The summed E-state index contributed by atoms with van der Waals surface area (Å²) in [5.41, 5.74) is 4.94. The van der Waals surface area contributed by atoms with Gasteiger partial charge in [0.15, 0.2) is 11.6 Å². The van der Waals surface area contributed by atoms with E-state index in [9.17, 15) is 13.6 Å². The number of amides is 1. The zero-order valence-corrected chi connectivity index (χ0v) is 23.4. The van der Waals surface area contributed by atoms with Gasteiger partial charge in [-0.2, -0.15) is 0 Å². The maximum Gasteiger partial charge on any atom is 0.255 e. The van der Waals surface area contributed by atoms with Gasteiger partial charge in [0.2, 0.25) is 0 Å². The first-order valence-corrected chi connectivity index (χ1v) is 14.3. The average Bonchev–Trinajstić information content (AvgIpc) is 3.71. The lowest BCUT2D eigenvalue weighted by atomic mass is 10.0. The van der Waals surface area contributed by atoms with Crippen LogP contribution in [0.4, 0.5) is 14.5 Å². The molecule has 3 N–H and O–H groups in total. The van der Waals surface area contributed by atoms with Crippen LogP contribution in [0.15, 0.2) is 78.9 Å². The highest BCUT2D eigenvalue weighted by atomic mass is 19.2. The first-order chi connectivity index (χ1) is 20.4. The number of carbonyl (C=O) groups excluding carboxylic acids is 1. The number of carbonyl (C=O) groups is 1. The number of aryl methyl sites for hydroxylation is 1. The maximum atomic E-state index is 14.2. The second-order valence-electron chi connectivity index (χ2n) is 10.8. The molecule has 0 saturated carbocycles. The lowest BCUT2D eigenvalue weighted by molar-refractivity contribution is 0.102. The monoisotopic (exact) mass is 569 g/mol. The molecule has 2 saturated heterocycles. The molecule has 0 unspecified atom stereocenters. The first-order valence-electron chi connectivity index (χ1n) is 14.3. The van der Waals surface area contributed by atoms with E-state index in [1.807, 2.05) is 49.4 Å². The van der Waals surface area contributed by atoms with Gasteiger partial charge in [0.05, 0.1) is 0 Å². The Morgan fingerprint density at radius 1 is 0.738 bits per heavy atom. The van der Waals surface area contributed by atoms with Crippen LogP contribution in [0.2, 0.25) is 0 Å². The minimum atomic E-state index is -0.963. The van der Waals surface area contributed by atoms with Crippen molar-refractivity contribution in [1.82, 2.24) is 10.6 Å². The van der Waals surface area contributed by atoms with Crippen LogP contribution >= 0.6 is 0 Å². The van der Waals surface area contributed by atoms with Crippen molar-refractivity contribution in [2.75, 3.05) is 31.5 Å². The number of hydrogen-bond acceptors (Lipinski definition) is 5. The molecule has 1 amide bonds. The minimum absolute atomic E-state index is 0.0466. The van der Waals surface area contributed by atoms with Gasteiger partial charge < -0.3 is 25.4 Å². The van der Waals surface area contributed by atoms with Crippen molar-refractivity contribution in [1.29, 1.82) is 0 Å². The topological polar surface area (TPSA) is 71.6 Å². The molecular weight excluding hydrogens is 536 g/mol. The van der Waals surface area contributed by atoms with Crippen LogP contribution < -0.4 is 25.4 Å². The molecule has 2 aliphatic rings. The third kappa shape index (κ3) is 6.30. The Balaban J connectivity index is 1.30. The van der Waals surface area contributed by atoms with E-state index in [2.05, 4.69) is 16.0 Å². The largest absolute Gasteiger partial charge is 0.488 e. The van der Waals surface area contributed by atoms with E-state index in [0.717, 1.165) is 67.0 Å². The fraction of sp³-hybridized carbons (Fsp3) is 0.265. The molecule has 0 spiro atoms. The van der Waals surface area contributed by atoms with Gasteiger partial charge in [0.1, 0.15) is 23.7 Å². The van der Waals surface area contributed by atoms with Gasteiger partial charge in [-0.15, -0.1) is 0 Å². The van der Waals surface area contributed by atoms with E-state index < -0.39 is 11.6 Å². The molecular formula is C34H33F2N3O3. The summed E-state index contributed by atoms with van der Waals surface area (Å²) in [7, 11) is 0. The van der Waals surface area contributed by atoms with Crippen LogP contribution in [0.3, 0.4) is 0 Å². The number of benzene rings is 4. The second kappa shape index (κ2) is 12.3. The Labute approximate surface area is 244 Å². The average molecular weight is 570 g/mol. The molecule has 2 aliphatic heterocycles. The summed E-state index contributed by atoms with van der Waals surface area (Å²) >= 11 is 0. The van der Waals surface area contributed by atoms with Gasteiger partial charge in [-0.3, -0.25) is 4.79 Å². The smallest absolute Gasteiger partial charge is 0.255 e. The van der Waals surface area contributed by atoms with E-state index in [4.69, 9.17) is 9.47 Å². The quantitative estimate of drug-likeness (QED) is 0.231. The van der Waals surface area contributed by atoms with Crippen LogP contribution in [0, 0.1) is 18.6 Å². The number of anilines is 1. The summed E-state index contributed by atoms with van der Waals surface area (Å²) in [5, 5.41) is 9.59. The Bertz CT molecular complexity index is 1580. The number of hydrogen-bond donors (Lipinski definition) is 3. The standard InChI is InChI=1S/C34H33F2N3O3/c1-21-2-4-22(5-3-21)29-18-25(8-11-33(29)42-27-13-15-38-20-27)39-34(40)24-7-10-32(41-26-12-14-37-19-26)28(16-24)23-6-9-30(35)31(36)17-23/h2-11,16-18,26-27,37-38H,12-15,19-20H2,1H3,(H,39,40)/t26-,27-/m1/s1. The van der Waals surface area contributed by atoms with Gasteiger partial charge in [-0.25, -0.2) is 8.78 Å². The fourth-order valence-corrected chi connectivity index (χ4v) is 5.35. The predicted octanol–water partition coefficient (Wildman–Crippen LogP) is 6.34. The first kappa shape index (κ1) is 27.9. The summed E-state index contributed by atoms with van der Waals surface area (Å²) in [6.07, 6.45) is 1.81. The minimum Gasteiger partial charge on any atom is -0.488 e. The SMILES string of the molecule is Cc1ccc(-c2cc(NC(=O)c3ccc(O[C@@H]4CCNC4)c(-c4ccc(F)c(F)c4)c3)ccc2O[C@@H]2CCNC2)cc1. The highest BCUT2D eigenvalue weighted by Crippen LogP contribution is 2.36. The number of halogens is 2. The molecule has 2 fully saturated rings. The third-order valence-corrected chi connectivity index (χ3v) is 7.69. The number of ether oxygens (including phenoxy) is 2. The molecule has 0 aromatic heterocycles. The van der Waals surface area contributed by atoms with Crippen LogP contribution in [-0.4, -0.2) is 44.3 Å². The Hall–Kier alpha value is -4.27. The van der Waals surface area contributed by atoms with Crippen molar-refractivity contribution in [2.45, 2.75) is 32.0 Å². The summed E-state index contributed by atoms with van der Waals surface area (Å²) in [6, 6.07) is 22.6. The molecule has 6 nitrogen and oxygen atoms in total. The molecule has 0 bridgehead atoms. The van der Waals surface area contributed by atoms with Crippen molar-refractivity contribution in [3.05, 3.63) is 102 Å². The van der Waals surface area contributed by atoms with Gasteiger partial charge in [0.25, 0.3) is 5.91 Å². The third-order valence-electron chi connectivity index (χ3n) is 7.69. The number of nitrogens with one attached hydrogen (secondary N) is 3. The van der Waals surface area contributed by atoms with Gasteiger partial charge in [-0.1, -0.05) is 35.9 Å². The van der Waals surface area contributed by atoms with Crippen molar-refractivity contribution in [3.63, 3.8) is 0 Å². The summed E-state index contributed by atoms with van der Waals surface area (Å²) in [4.78, 5) is 13.5.